The second-order valence-corrected chi connectivity index (χ2v) is 8.72. The van der Waals surface area contributed by atoms with Crippen LogP contribution in [0, 0.1) is 0 Å². The first-order valence-electron chi connectivity index (χ1n) is 10.8. The molecule has 1 saturated heterocycles. The molecule has 2 aromatic heterocycles. The average molecular weight is 448 g/mol. The zero-order valence-electron chi connectivity index (χ0n) is 17.9. The Morgan fingerprint density at radius 3 is 2.62 bits per heavy atom. The number of anilines is 1. The number of rotatable bonds is 7. The van der Waals surface area contributed by atoms with Gasteiger partial charge >= 0.3 is 0 Å². The zero-order chi connectivity index (χ0) is 21.9. The number of ketones is 1. The lowest BCUT2D eigenvalue weighted by atomic mass is 10.0. The van der Waals surface area contributed by atoms with Crippen molar-refractivity contribution in [3.63, 3.8) is 0 Å². The molecule has 1 N–H and O–H groups in total. The van der Waals surface area contributed by atoms with Crippen LogP contribution in [0.4, 0.5) is 5.95 Å². The van der Waals surface area contributed by atoms with Crippen LogP contribution in [0.2, 0.25) is 0 Å². The Morgan fingerprint density at radius 2 is 1.84 bits per heavy atom. The Morgan fingerprint density at radius 1 is 1.09 bits per heavy atom. The maximum atomic E-state index is 13.8. The highest BCUT2D eigenvalue weighted by molar-refractivity contribution is 8.00. The predicted molar refractivity (Wildman–Crippen MR) is 126 cm³/mol. The smallest absolute Gasteiger partial charge is 0.228 e. The van der Waals surface area contributed by atoms with Crippen LogP contribution in [-0.2, 0) is 11.3 Å². The van der Waals surface area contributed by atoms with Crippen LogP contribution < -0.4 is 4.90 Å². The van der Waals surface area contributed by atoms with Crippen LogP contribution in [0.15, 0.2) is 66.0 Å². The molecule has 0 spiro atoms. The molecule has 0 aliphatic carbocycles. The molecule has 2 aromatic carbocycles. The Bertz CT molecular complexity index is 1210. The van der Waals surface area contributed by atoms with Gasteiger partial charge in [0.2, 0.25) is 5.95 Å². The Kier molecular flexibility index (Phi) is 5.96. The van der Waals surface area contributed by atoms with Crippen LogP contribution in [0.25, 0.3) is 10.9 Å². The molecule has 0 amide bonds. The number of nitrogens with one attached hydrogen (secondary N) is 1. The molecule has 1 aliphatic heterocycles. The number of ether oxygens (including phenoxy) is 1. The topological polar surface area (TPSA) is 76.0 Å². The van der Waals surface area contributed by atoms with E-state index in [1.807, 2.05) is 60.8 Å². The van der Waals surface area contributed by atoms with Gasteiger partial charge in [0.1, 0.15) is 5.25 Å². The van der Waals surface area contributed by atoms with Crippen molar-refractivity contribution in [2.45, 2.75) is 23.9 Å². The number of carbonyl (C=O) groups excluding carboxylic acids is 1. The van der Waals surface area contributed by atoms with Crippen LogP contribution in [0.3, 0.4) is 0 Å². The van der Waals surface area contributed by atoms with E-state index in [1.165, 1.54) is 11.8 Å². The van der Waals surface area contributed by atoms with E-state index in [1.54, 1.807) is 0 Å². The molecule has 32 heavy (non-hydrogen) atoms. The van der Waals surface area contributed by atoms with Crippen molar-refractivity contribution in [3.05, 3.63) is 71.9 Å². The summed E-state index contributed by atoms with van der Waals surface area (Å²) >= 11 is 1.46. The molecule has 3 heterocycles. The summed E-state index contributed by atoms with van der Waals surface area (Å²) in [7, 11) is 0. The quantitative estimate of drug-likeness (QED) is 0.336. The lowest BCUT2D eigenvalue weighted by Gasteiger charge is -2.27. The normalized spacial score (nSPS) is 15.2. The largest absolute Gasteiger partial charge is 0.378 e. The van der Waals surface area contributed by atoms with E-state index in [9.17, 15) is 4.79 Å². The Labute approximate surface area is 190 Å². The Hall–Kier alpha value is -3.10. The van der Waals surface area contributed by atoms with Gasteiger partial charge in [0.25, 0.3) is 0 Å². The first-order chi connectivity index (χ1) is 15.8. The summed E-state index contributed by atoms with van der Waals surface area (Å²) in [6.07, 6.45) is 1.81. The van der Waals surface area contributed by atoms with E-state index in [2.05, 4.69) is 31.6 Å². The van der Waals surface area contributed by atoms with Crippen molar-refractivity contribution in [1.82, 2.24) is 19.7 Å². The van der Waals surface area contributed by atoms with Gasteiger partial charge in [-0.25, -0.2) is 0 Å². The number of thioether (sulfide) groups is 1. The summed E-state index contributed by atoms with van der Waals surface area (Å²) in [6.45, 7) is 5.76. The molecule has 0 saturated carbocycles. The molecule has 1 aliphatic rings. The summed E-state index contributed by atoms with van der Waals surface area (Å²) in [4.78, 5) is 19.2. The molecule has 1 fully saturated rings. The molecular weight excluding hydrogens is 422 g/mol. The molecule has 5 rings (SSSR count). The van der Waals surface area contributed by atoms with E-state index in [4.69, 9.17) is 4.74 Å². The second kappa shape index (κ2) is 9.18. The molecule has 1 atom stereocenters. The van der Waals surface area contributed by atoms with Crippen molar-refractivity contribution >= 4 is 34.4 Å². The van der Waals surface area contributed by atoms with Gasteiger partial charge in [-0.05, 0) is 18.6 Å². The van der Waals surface area contributed by atoms with E-state index in [-0.39, 0.29) is 5.78 Å². The van der Waals surface area contributed by atoms with Crippen LogP contribution in [0.1, 0.15) is 28.1 Å². The van der Waals surface area contributed by atoms with Gasteiger partial charge in [-0.1, -0.05) is 60.3 Å². The van der Waals surface area contributed by atoms with Crippen molar-refractivity contribution in [1.29, 1.82) is 0 Å². The van der Waals surface area contributed by atoms with E-state index >= 15 is 0 Å². The number of H-pyrrole nitrogens is 1. The van der Waals surface area contributed by atoms with E-state index in [0.717, 1.165) is 47.2 Å². The first kappa shape index (κ1) is 20.8. The number of aromatic amines is 1. The first-order valence-corrected chi connectivity index (χ1v) is 11.7. The number of hydrogen-bond donors (Lipinski definition) is 1. The monoisotopic (exact) mass is 447 g/mol. The highest BCUT2D eigenvalue weighted by Gasteiger charge is 2.29. The molecular formula is C24H25N5O2S. The van der Waals surface area contributed by atoms with Gasteiger partial charge in [-0.3, -0.25) is 9.36 Å². The summed E-state index contributed by atoms with van der Waals surface area (Å²) in [6, 6.07) is 17.8. The maximum absolute atomic E-state index is 13.8. The maximum Gasteiger partial charge on any atom is 0.228 e. The average Bonchev–Trinajstić information content (AvgIpc) is 3.47. The zero-order valence-corrected chi connectivity index (χ0v) is 18.7. The summed E-state index contributed by atoms with van der Waals surface area (Å²) < 4.78 is 7.57. The summed E-state index contributed by atoms with van der Waals surface area (Å²) in [5.41, 5.74) is 2.60. The number of morpholine rings is 1. The van der Waals surface area contributed by atoms with Crippen molar-refractivity contribution in [2.75, 3.05) is 31.2 Å². The molecule has 0 unspecified atom stereocenters. The number of benzene rings is 2. The lowest BCUT2D eigenvalue weighted by molar-refractivity contribution is 0.0991. The van der Waals surface area contributed by atoms with Crippen LogP contribution in [-0.4, -0.2) is 51.8 Å². The van der Waals surface area contributed by atoms with Gasteiger partial charge in [0.05, 0.1) is 13.2 Å². The summed E-state index contributed by atoms with van der Waals surface area (Å²) in [5.74, 6) is 0.891. The number of Topliss-reactive ketones (excluding diaryl/α,β-unsaturated/α-hetero) is 1. The minimum absolute atomic E-state index is 0.0530. The van der Waals surface area contributed by atoms with Crippen molar-refractivity contribution in [2.24, 2.45) is 0 Å². The standard InChI is InChI=1S/C24H25N5O2S/c1-2-29-23(28-12-14-31-15-13-28)26-27-24(29)32-22(17-8-4-3-5-9-17)21(30)19-16-25-20-11-7-6-10-18(19)20/h3-11,16,22,25H,2,12-15H2,1H3/t22-/m1/s1. The van der Waals surface area contributed by atoms with E-state index < -0.39 is 5.25 Å². The van der Waals surface area contributed by atoms with Crippen molar-refractivity contribution in [3.8, 4) is 0 Å². The minimum atomic E-state index is -0.428. The number of nitrogens with zero attached hydrogens (tertiary/aromatic N) is 4. The van der Waals surface area contributed by atoms with Gasteiger partial charge in [0, 0.05) is 42.3 Å². The van der Waals surface area contributed by atoms with E-state index in [0.29, 0.717) is 18.8 Å². The molecule has 164 valence electrons. The van der Waals surface area contributed by atoms with Gasteiger partial charge < -0.3 is 14.6 Å². The third kappa shape index (κ3) is 3.91. The lowest BCUT2D eigenvalue weighted by Crippen LogP contribution is -2.38. The second-order valence-electron chi connectivity index (χ2n) is 7.65. The number of carbonyl (C=O) groups is 1. The SMILES string of the molecule is CCn1c(S[C@@H](C(=O)c2c[nH]c3ccccc23)c2ccccc2)nnc1N1CCOCC1. The Balaban J connectivity index is 1.51. The fourth-order valence-corrected chi connectivity index (χ4v) is 5.23. The van der Waals surface area contributed by atoms with Gasteiger partial charge in [0.15, 0.2) is 10.9 Å². The number of aromatic nitrogens is 4. The fourth-order valence-electron chi connectivity index (χ4n) is 4.06. The highest BCUT2D eigenvalue weighted by Crippen LogP contribution is 2.39. The number of hydrogen-bond acceptors (Lipinski definition) is 6. The van der Waals surface area contributed by atoms with Crippen molar-refractivity contribution < 1.29 is 9.53 Å². The fraction of sp³-hybridized carbons (Fsp3) is 0.292. The van der Waals surface area contributed by atoms with Gasteiger partial charge in [-0.2, -0.15) is 0 Å². The van der Waals surface area contributed by atoms with Crippen LogP contribution >= 0.6 is 11.8 Å². The third-order valence-corrected chi connectivity index (χ3v) is 6.96. The predicted octanol–water partition coefficient (Wildman–Crippen LogP) is 4.33. The molecule has 8 heteroatoms. The summed E-state index contributed by atoms with van der Waals surface area (Å²) in [5, 5.41) is 10.2. The third-order valence-electron chi connectivity index (χ3n) is 5.73. The molecule has 0 radical (unpaired) electrons. The number of fused-ring (bicyclic) bond motifs is 1. The van der Waals surface area contributed by atoms with Gasteiger partial charge in [-0.15, -0.1) is 10.2 Å². The molecule has 7 nitrogen and oxygen atoms in total. The molecule has 0 bridgehead atoms. The minimum Gasteiger partial charge on any atom is -0.378 e. The highest BCUT2D eigenvalue weighted by atomic mass is 32.2. The van der Waals surface area contributed by atoms with Crippen LogP contribution in [0.5, 0.6) is 0 Å². The molecule has 4 aromatic rings. The number of para-hydroxylation sites is 1.